The molecule has 1 saturated carbocycles. The van der Waals surface area contributed by atoms with Gasteiger partial charge in [-0.2, -0.15) is 0 Å². The third-order valence-electron chi connectivity index (χ3n) is 3.08. The van der Waals surface area contributed by atoms with Crippen molar-refractivity contribution in [2.45, 2.75) is 24.3 Å². The van der Waals surface area contributed by atoms with Crippen LogP contribution in [0.2, 0.25) is 0 Å². The lowest BCUT2D eigenvalue weighted by atomic mass is 10.2. The van der Waals surface area contributed by atoms with Crippen LogP contribution in [0, 0.1) is 11.7 Å². The quantitative estimate of drug-likeness (QED) is 0.881. The van der Waals surface area contributed by atoms with Crippen LogP contribution in [0.4, 0.5) is 4.39 Å². The third kappa shape index (κ3) is 2.71. The van der Waals surface area contributed by atoms with E-state index in [0.29, 0.717) is 18.0 Å². The monoisotopic (exact) mass is 273 g/mol. The van der Waals surface area contributed by atoms with Gasteiger partial charge in [0.2, 0.25) is 10.0 Å². The van der Waals surface area contributed by atoms with Gasteiger partial charge in [0.15, 0.2) is 0 Å². The molecule has 0 saturated heterocycles. The molecule has 2 rings (SSSR count). The van der Waals surface area contributed by atoms with Gasteiger partial charge >= 0.3 is 0 Å². The molecule has 1 aliphatic rings. The molecule has 18 heavy (non-hydrogen) atoms. The van der Waals surface area contributed by atoms with Crippen molar-refractivity contribution in [1.82, 2.24) is 4.31 Å². The van der Waals surface area contributed by atoms with Crippen LogP contribution in [0.25, 0.3) is 0 Å². The summed E-state index contributed by atoms with van der Waals surface area (Å²) in [7, 11) is -2.31. The molecule has 1 N–H and O–H groups in total. The van der Waals surface area contributed by atoms with Crippen molar-refractivity contribution >= 4 is 10.0 Å². The average molecular weight is 273 g/mol. The minimum Gasteiger partial charge on any atom is -0.392 e. The van der Waals surface area contributed by atoms with Crippen LogP contribution in [0.3, 0.4) is 0 Å². The molecular formula is C12H16FNO3S. The Balaban J connectivity index is 2.28. The molecule has 4 nitrogen and oxygen atoms in total. The Hall–Kier alpha value is -0.980. The van der Waals surface area contributed by atoms with E-state index in [1.165, 1.54) is 23.5 Å². The molecule has 1 aromatic carbocycles. The van der Waals surface area contributed by atoms with Gasteiger partial charge < -0.3 is 5.11 Å². The van der Waals surface area contributed by atoms with Gasteiger partial charge in [-0.3, -0.25) is 0 Å². The fourth-order valence-corrected chi connectivity index (χ4v) is 3.07. The second-order valence-corrected chi connectivity index (χ2v) is 6.67. The standard InChI is InChI=1S/C12H16FNO3S/c1-14(7-9-2-3-9)18(16,17)12-5-4-10(8-15)6-11(12)13/h4-6,9,15H,2-3,7-8H2,1H3. The maximum atomic E-state index is 13.7. The summed E-state index contributed by atoms with van der Waals surface area (Å²) in [5, 5.41) is 8.87. The zero-order valence-corrected chi connectivity index (χ0v) is 11.0. The molecule has 0 bridgehead atoms. The predicted molar refractivity (Wildman–Crippen MR) is 64.9 cm³/mol. The molecule has 1 aliphatic carbocycles. The summed E-state index contributed by atoms with van der Waals surface area (Å²) in [5.74, 6) is -0.409. The van der Waals surface area contributed by atoms with Gasteiger partial charge in [0.1, 0.15) is 10.7 Å². The van der Waals surface area contributed by atoms with E-state index >= 15 is 0 Å². The average Bonchev–Trinajstić information content (AvgIpc) is 3.12. The molecule has 0 spiro atoms. The van der Waals surface area contributed by atoms with Crippen LogP contribution in [-0.2, 0) is 16.6 Å². The Kier molecular flexibility index (Phi) is 3.70. The summed E-state index contributed by atoms with van der Waals surface area (Å²) < 4.78 is 39.2. The highest BCUT2D eigenvalue weighted by Crippen LogP contribution is 2.31. The molecule has 0 radical (unpaired) electrons. The fourth-order valence-electron chi connectivity index (χ4n) is 1.78. The van der Waals surface area contributed by atoms with Gasteiger partial charge in [-0.15, -0.1) is 0 Å². The highest BCUT2D eigenvalue weighted by atomic mass is 32.2. The van der Waals surface area contributed by atoms with Crippen LogP contribution in [0.5, 0.6) is 0 Å². The second-order valence-electron chi connectivity index (χ2n) is 4.65. The first-order valence-electron chi connectivity index (χ1n) is 5.81. The summed E-state index contributed by atoms with van der Waals surface area (Å²) in [5.41, 5.74) is 0.358. The maximum absolute atomic E-state index is 13.7. The van der Waals surface area contributed by atoms with E-state index in [4.69, 9.17) is 5.11 Å². The van der Waals surface area contributed by atoms with Crippen LogP contribution in [-0.4, -0.2) is 31.4 Å². The van der Waals surface area contributed by atoms with E-state index in [1.54, 1.807) is 0 Å². The molecule has 0 unspecified atom stereocenters. The van der Waals surface area contributed by atoms with Crippen LogP contribution in [0.15, 0.2) is 23.1 Å². The Morgan fingerprint density at radius 2 is 2.11 bits per heavy atom. The molecule has 0 heterocycles. The summed E-state index contributed by atoms with van der Waals surface area (Å²) >= 11 is 0. The lowest BCUT2D eigenvalue weighted by molar-refractivity contribution is 0.281. The van der Waals surface area contributed by atoms with Crippen LogP contribution in [0.1, 0.15) is 18.4 Å². The number of hydrogen-bond acceptors (Lipinski definition) is 3. The molecule has 0 amide bonds. The Morgan fingerprint density at radius 1 is 1.44 bits per heavy atom. The van der Waals surface area contributed by atoms with Gasteiger partial charge in [-0.05, 0) is 36.5 Å². The van der Waals surface area contributed by atoms with Gasteiger partial charge in [-0.1, -0.05) is 6.07 Å². The number of nitrogens with zero attached hydrogens (tertiary/aromatic N) is 1. The first-order valence-corrected chi connectivity index (χ1v) is 7.25. The van der Waals surface area contributed by atoms with Crippen molar-refractivity contribution in [1.29, 1.82) is 0 Å². The molecule has 0 aromatic heterocycles. The lowest BCUT2D eigenvalue weighted by Gasteiger charge is -2.17. The minimum atomic E-state index is -3.77. The number of halogens is 1. The van der Waals surface area contributed by atoms with E-state index < -0.39 is 15.8 Å². The van der Waals surface area contributed by atoms with E-state index in [-0.39, 0.29) is 11.5 Å². The van der Waals surface area contributed by atoms with Gasteiger partial charge in [0.25, 0.3) is 0 Å². The third-order valence-corrected chi connectivity index (χ3v) is 4.94. The van der Waals surface area contributed by atoms with E-state index in [9.17, 15) is 12.8 Å². The number of rotatable bonds is 5. The van der Waals surface area contributed by atoms with Gasteiger partial charge in [0.05, 0.1) is 6.61 Å². The molecule has 1 fully saturated rings. The van der Waals surface area contributed by atoms with Gasteiger partial charge in [0, 0.05) is 13.6 Å². The van der Waals surface area contributed by atoms with Crippen molar-refractivity contribution in [3.63, 3.8) is 0 Å². The molecule has 0 atom stereocenters. The first-order chi connectivity index (χ1) is 8.45. The molecule has 1 aromatic rings. The number of aliphatic hydroxyl groups is 1. The largest absolute Gasteiger partial charge is 0.392 e. The van der Waals surface area contributed by atoms with Crippen molar-refractivity contribution in [3.05, 3.63) is 29.6 Å². The highest BCUT2D eigenvalue weighted by Gasteiger charge is 2.30. The number of sulfonamides is 1. The molecule has 6 heteroatoms. The number of hydrogen-bond donors (Lipinski definition) is 1. The summed E-state index contributed by atoms with van der Waals surface area (Å²) in [6.07, 6.45) is 2.07. The fraction of sp³-hybridized carbons (Fsp3) is 0.500. The van der Waals surface area contributed by atoms with E-state index in [1.807, 2.05) is 0 Å². The van der Waals surface area contributed by atoms with Crippen molar-refractivity contribution in [2.75, 3.05) is 13.6 Å². The van der Waals surface area contributed by atoms with Crippen molar-refractivity contribution in [3.8, 4) is 0 Å². The van der Waals surface area contributed by atoms with E-state index in [2.05, 4.69) is 0 Å². The van der Waals surface area contributed by atoms with Crippen molar-refractivity contribution in [2.24, 2.45) is 5.92 Å². The molecule has 0 aliphatic heterocycles. The zero-order chi connectivity index (χ0) is 13.3. The first kappa shape index (κ1) is 13.5. The highest BCUT2D eigenvalue weighted by molar-refractivity contribution is 7.89. The number of aliphatic hydroxyl groups excluding tert-OH is 1. The molecular weight excluding hydrogens is 257 g/mol. The van der Waals surface area contributed by atoms with Crippen LogP contribution >= 0.6 is 0 Å². The Bertz CT molecular complexity index is 540. The number of benzene rings is 1. The Labute approximate surface area is 106 Å². The lowest BCUT2D eigenvalue weighted by Crippen LogP contribution is -2.29. The SMILES string of the molecule is CN(CC1CC1)S(=O)(=O)c1ccc(CO)cc1F. The normalized spacial score (nSPS) is 16.2. The van der Waals surface area contributed by atoms with E-state index in [0.717, 1.165) is 18.9 Å². The summed E-state index contributed by atoms with van der Waals surface area (Å²) in [6, 6.07) is 3.68. The maximum Gasteiger partial charge on any atom is 0.245 e. The molecule has 100 valence electrons. The van der Waals surface area contributed by atoms with Crippen LogP contribution < -0.4 is 0 Å². The summed E-state index contributed by atoms with van der Waals surface area (Å²) in [6.45, 7) is 0.124. The van der Waals surface area contributed by atoms with Gasteiger partial charge in [-0.25, -0.2) is 17.1 Å². The minimum absolute atomic E-state index is 0.310. The Morgan fingerprint density at radius 3 is 2.61 bits per heavy atom. The van der Waals surface area contributed by atoms with Crippen molar-refractivity contribution < 1.29 is 17.9 Å². The smallest absolute Gasteiger partial charge is 0.245 e. The predicted octanol–water partition coefficient (Wildman–Crippen LogP) is 1.35. The zero-order valence-electron chi connectivity index (χ0n) is 10.1. The topological polar surface area (TPSA) is 57.6 Å². The summed E-state index contributed by atoms with van der Waals surface area (Å²) in [4.78, 5) is -0.331. The second kappa shape index (κ2) is 4.95.